The summed E-state index contributed by atoms with van der Waals surface area (Å²) in [4.78, 5) is 35.1. The zero-order chi connectivity index (χ0) is 17.9. The summed E-state index contributed by atoms with van der Waals surface area (Å²) in [6.07, 6.45) is -3.45. The Morgan fingerprint density at radius 1 is 1.25 bits per heavy atom. The van der Waals surface area contributed by atoms with Crippen molar-refractivity contribution in [2.75, 3.05) is 0 Å². The van der Waals surface area contributed by atoms with E-state index in [-0.39, 0.29) is 12.2 Å². The summed E-state index contributed by atoms with van der Waals surface area (Å²) in [6, 6.07) is 2.76. The standard InChI is InChI=1S/C16H16F3NO4/c17-16(18,19)12-7-2-1-6-11(12)14(22)20-13(15(23)24)9-4-3-5-10(21)8-9/h1-2,6-7,9,13H,3-5,8H2,(H,20,22)(H,23,24)/t9-,13-/m0/s1. The molecule has 5 nitrogen and oxygen atoms in total. The van der Waals surface area contributed by atoms with Gasteiger partial charge in [0.15, 0.2) is 0 Å². The summed E-state index contributed by atoms with van der Waals surface area (Å²) < 4.78 is 38.9. The molecule has 1 saturated carbocycles. The lowest BCUT2D eigenvalue weighted by Gasteiger charge is -2.27. The first-order valence-electron chi connectivity index (χ1n) is 7.41. The number of ketones is 1. The summed E-state index contributed by atoms with van der Waals surface area (Å²) in [5.41, 5.74) is -1.77. The molecule has 1 aromatic carbocycles. The monoisotopic (exact) mass is 343 g/mol. The summed E-state index contributed by atoms with van der Waals surface area (Å²) in [7, 11) is 0. The van der Waals surface area contributed by atoms with Crippen LogP contribution in [-0.4, -0.2) is 28.8 Å². The van der Waals surface area contributed by atoms with E-state index in [4.69, 9.17) is 0 Å². The third kappa shape index (κ3) is 4.12. The quantitative estimate of drug-likeness (QED) is 0.880. The van der Waals surface area contributed by atoms with Crippen molar-refractivity contribution in [1.82, 2.24) is 5.32 Å². The maximum Gasteiger partial charge on any atom is 0.417 e. The normalized spacial score (nSPS) is 19.6. The van der Waals surface area contributed by atoms with Crippen LogP contribution in [0.4, 0.5) is 13.2 Å². The summed E-state index contributed by atoms with van der Waals surface area (Å²) in [5.74, 6) is -3.21. The molecule has 1 aliphatic carbocycles. The van der Waals surface area contributed by atoms with Gasteiger partial charge >= 0.3 is 12.1 Å². The number of carboxylic acid groups (broad SMARTS) is 1. The zero-order valence-corrected chi connectivity index (χ0v) is 12.6. The highest BCUT2D eigenvalue weighted by Gasteiger charge is 2.37. The number of benzene rings is 1. The zero-order valence-electron chi connectivity index (χ0n) is 12.6. The number of carbonyl (C=O) groups is 3. The summed E-state index contributed by atoms with van der Waals surface area (Å²) >= 11 is 0. The fourth-order valence-corrected chi connectivity index (χ4v) is 2.87. The van der Waals surface area contributed by atoms with Crippen molar-refractivity contribution in [3.8, 4) is 0 Å². The fourth-order valence-electron chi connectivity index (χ4n) is 2.87. The van der Waals surface area contributed by atoms with Crippen LogP contribution in [0.2, 0.25) is 0 Å². The van der Waals surface area contributed by atoms with Crippen LogP contribution in [0.5, 0.6) is 0 Å². The van der Waals surface area contributed by atoms with E-state index in [9.17, 15) is 32.7 Å². The SMILES string of the molecule is O=C1CCC[C@H]([C@H](NC(=O)c2ccccc2C(F)(F)F)C(=O)O)C1. The molecule has 0 spiro atoms. The van der Waals surface area contributed by atoms with Crippen LogP contribution >= 0.6 is 0 Å². The van der Waals surface area contributed by atoms with Gasteiger partial charge in [-0.05, 0) is 30.9 Å². The van der Waals surface area contributed by atoms with Crippen LogP contribution in [0.1, 0.15) is 41.6 Å². The van der Waals surface area contributed by atoms with Crippen LogP contribution in [0.15, 0.2) is 24.3 Å². The molecule has 2 rings (SSSR count). The number of nitrogens with one attached hydrogen (secondary N) is 1. The van der Waals surface area contributed by atoms with E-state index in [1.807, 2.05) is 0 Å². The Labute approximate surface area is 135 Å². The third-order valence-corrected chi connectivity index (χ3v) is 4.02. The van der Waals surface area contributed by atoms with E-state index >= 15 is 0 Å². The second-order valence-corrected chi connectivity index (χ2v) is 5.73. The smallest absolute Gasteiger partial charge is 0.417 e. The van der Waals surface area contributed by atoms with E-state index < -0.39 is 41.1 Å². The van der Waals surface area contributed by atoms with E-state index in [0.717, 1.165) is 18.2 Å². The minimum absolute atomic E-state index is 0.00182. The molecular formula is C16H16F3NO4. The fraction of sp³-hybridized carbons (Fsp3) is 0.438. The van der Waals surface area contributed by atoms with Gasteiger partial charge in [-0.25, -0.2) is 4.79 Å². The molecule has 0 saturated heterocycles. The molecule has 0 heterocycles. The highest BCUT2D eigenvalue weighted by molar-refractivity contribution is 5.98. The molecule has 24 heavy (non-hydrogen) atoms. The van der Waals surface area contributed by atoms with Gasteiger partial charge in [0.05, 0.1) is 11.1 Å². The maximum atomic E-state index is 13.0. The molecule has 1 amide bonds. The number of hydrogen-bond donors (Lipinski definition) is 2. The molecule has 0 unspecified atom stereocenters. The number of rotatable bonds is 4. The van der Waals surface area contributed by atoms with Gasteiger partial charge in [0.2, 0.25) is 0 Å². The Kier molecular flexibility index (Phi) is 5.26. The molecule has 1 fully saturated rings. The van der Waals surface area contributed by atoms with Crippen LogP contribution < -0.4 is 5.32 Å². The highest BCUT2D eigenvalue weighted by Crippen LogP contribution is 2.32. The number of amides is 1. The lowest BCUT2D eigenvalue weighted by molar-refractivity contribution is -0.141. The number of aliphatic carboxylic acids is 1. The first-order valence-corrected chi connectivity index (χ1v) is 7.41. The number of hydrogen-bond acceptors (Lipinski definition) is 3. The van der Waals surface area contributed by atoms with Gasteiger partial charge in [-0.15, -0.1) is 0 Å². The second kappa shape index (κ2) is 7.02. The van der Waals surface area contributed by atoms with Crippen molar-refractivity contribution >= 4 is 17.7 Å². The molecule has 0 aromatic heterocycles. The van der Waals surface area contributed by atoms with E-state index in [1.54, 1.807) is 0 Å². The van der Waals surface area contributed by atoms with Gasteiger partial charge in [0.1, 0.15) is 11.8 Å². The topological polar surface area (TPSA) is 83.5 Å². The molecule has 0 bridgehead atoms. The van der Waals surface area contributed by atoms with E-state index in [0.29, 0.717) is 19.3 Å². The highest BCUT2D eigenvalue weighted by atomic mass is 19.4. The van der Waals surface area contributed by atoms with Crippen molar-refractivity contribution in [2.24, 2.45) is 5.92 Å². The number of alkyl halides is 3. The Morgan fingerprint density at radius 2 is 1.92 bits per heavy atom. The Hall–Kier alpha value is -2.38. The molecule has 130 valence electrons. The van der Waals surface area contributed by atoms with Gasteiger partial charge in [-0.3, -0.25) is 9.59 Å². The van der Waals surface area contributed by atoms with Crippen LogP contribution in [0.3, 0.4) is 0 Å². The first kappa shape index (κ1) is 18.0. The van der Waals surface area contributed by atoms with Crippen LogP contribution in [-0.2, 0) is 15.8 Å². The van der Waals surface area contributed by atoms with Crippen LogP contribution in [0, 0.1) is 5.92 Å². The lowest BCUT2D eigenvalue weighted by Crippen LogP contribution is -2.47. The maximum absolute atomic E-state index is 13.0. The van der Waals surface area contributed by atoms with Crippen molar-refractivity contribution in [3.63, 3.8) is 0 Å². The van der Waals surface area contributed by atoms with Crippen molar-refractivity contribution < 1.29 is 32.7 Å². The molecule has 2 atom stereocenters. The average Bonchev–Trinajstić information content (AvgIpc) is 2.51. The molecule has 1 aliphatic rings. The average molecular weight is 343 g/mol. The lowest BCUT2D eigenvalue weighted by atomic mass is 9.83. The number of carbonyl (C=O) groups excluding carboxylic acids is 2. The molecular weight excluding hydrogens is 327 g/mol. The Balaban J connectivity index is 2.23. The van der Waals surface area contributed by atoms with Crippen LogP contribution in [0.25, 0.3) is 0 Å². The predicted octanol–water partition coefficient (Wildman–Crippen LogP) is 2.65. The molecule has 0 radical (unpaired) electrons. The largest absolute Gasteiger partial charge is 0.480 e. The summed E-state index contributed by atoms with van der Waals surface area (Å²) in [5, 5.41) is 11.4. The second-order valence-electron chi connectivity index (χ2n) is 5.73. The van der Waals surface area contributed by atoms with Gasteiger partial charge in [-0.2, -0.15) is 13.2 Å². The molecule has 0 aliphatic heterocycles. The number of Topliss-reactive ketones (excluding diaryl/α,β-unsaturated/α-hetero) is 1. The van der Waals surface area contributed by atoms with Gasteiger partial charge in [-0.1, -0.05) is 12.1 Å². The Morgan fingerprint density at radius 3 is 2.50 bits per heavy atom. The van der Waals surface area contributed by atoms with Crippen molar-refractivity contribution in [2.45, 2.75) is 37.9 Å². The molecule has 1 aromatic rings. The van der Waals surface area contributed by atoms with E-state index in [1.165, 1.54) is 6.07 Å². The van der Waals surface area contributed by atoms with Crippen molar-refractivity contribution in [1.29, 1.82) is 0 Å². The Bertz CT molecular complexity index is 657. The van der Waals surface area contributed by atoms with Gasteiger partial charge in [0.25, 0.3) is 5.91 Å². The first-order chi connectivity index (χ1) is 11.2. The third-order valence-electron chi connectivity index (χ3n) is 4.02. The molecule has 2 N–H and O–H groups in total. The number of carboxylic acids is 1. The minimum atomic E-state index is -4.73. The van der Waals surface area contributed by atoms with Gasteiger partial charge < -0.3 is 10.4 Å². The number of halogens is 3. The van der Waals surface area contributed by atoms with Crippen molar-refractivity contribution in [3.05, 3.63) is 35.4 Å². The summed E-state index contributed by atoms with van der Waals surface area (Å²) in [6.45, 7) is 0. The van der Waals surface area contributed by atoms with Gasteiger partial charge in [0, 0.05) is 12.8 Å². The van der Waals surface area contributed by atoms with E-state index in [2.05, 4.69) is 5.32 Å². The minimum Gasteiger partial charge on any atom is -0.480 e. The predicted molar refractivity (Wildman–Crippen MR) is 77.3 cm³/mol. The molecule has 8 heteroatoms.